The summed E-state index contributed by atoms with van der Waals surface area (Å²) < 4.78 is 10.8. The number of rotatable bonds is 17. The fourth-order valence-electron chi connectivity index (χ4n) is 3.52. The normalized spacial score (nSPS) is 14.1. The molecule has 32 heavy (non-hydrogen) atoms. The van der Waals surface area contributed by atoms with Crippen LogP contribution in [0.25, 0.3) is 0 Å². The third-order valence-electron chi connectivity index (χ3n) is 5.05. The fraction of sp³-hybridized carbons (Fsp3) is 0.923. The van der Waals surface area contributed by atoms with E-state index in [4.69, 9.17) is 9.47 Å². The summed E-state index contributed by atoms with van der Waals surface area (Å²) in [4.78, 5) is 23.9. The van der Waals surface area contributed by atoms with Crippen molar-refractivity contribution in [2.24, 2.45) is 11.8 Å². The molecule has 0 aromatic heterocycles. The fourth-order valence-corrected chi connectivity index (χ4v) is 3.52. The Bertz CT molecular complexity index is 509. The Morgan fingerprint density at radius 3 is 1.78 bits per heavy atom. The highest BCUT2D eigenvalue weighted by Gasteiger charge is 2.19. The number of esters is 2. The van der Waals surface area contributed by atoms with Crippen LogP contribution < -0.4 is 10.6 Å². The third kappa shape index (κ3) is 20.7. The van der Waals surface area contributed by atoms with Crippen LogP contribution in [0.5, 0.6) is 0 Å². The van der Waals surface area contributed by atoms with Crippen molar-refractivity contribution in [1.82, 2.24) is 10.6 Å². The van der Waals surface area contributed by atoms with Gasteiger partial charge in [-0.1, -0.05) is 13.8 Å². The summed E-state index contributed by atoms with van der Waals surface area (Å²) in [7, 11) is 0. The average molecular weight is 457 g/mol. The molecule has 6 heteroatoms. The highest BCUT2D eigenvalue weighted by atomic mass is 16.6. The molecule has 0 fully saturated rings. The molecular formula is C26H52N2O4. The van der Waals surface area contributed by atoms with Crippen molar-refractivity contribution in [3.05, 3.63) is 0 Å². The standard InChI is InChI=1S/C26H52N2O4/c1-9-16-27-18-14-22(11-10-12-23(29)31-25(3,4)5)15-19-28-17-13-21(2)20-24(30)32-26(6,7)8/h21-22,27-28H,9-20H2,1-8H3. The van der Waals surface area contributed by atoms with Gasteiger partial charge in [-0.3, -0.25) is 9.59 Å². The monoisotopic (exact) mass is 456 g/mol. The van der Waals surface area contributed by atoms with Crippen LogP contribution in [0.1, 0.15) is 107 Å². The Kier molecular flexibility index (Phi) is 15.9. The highest BCUT2D eigenvalue weighted by molar-refractivity contribution is 5.70. The molecule has 0 aromatic carbocycles. The van der Waals surface area contributed by atoms with Crippen LogP contribution in [0, 0.1) is 11.8 Å². The van der Waals surface area contributed by atoms with Gasteiger partial charge in [-0.25, -0.2) is 0 Å². The second kappa shape index (κ2) is 16.5. The van der Waals surface area contributed by atoms with Crippen molar-refractivity contribution in [3.63, 3.8) is 0 Å². The molecule has 2 unspecified atom stereocenters. The molecule has 0 amide bonds. The minimum absolute atomic E-state index is 0.0996. The maximum absolute atomic E-state index is 12.0. The van der Waals surface area contributed by atoms with E-state index >= 15 is 0 Å². The number of carbonyl (C=O) groups excluding carboxylic acids is 2. The molecule has 0 saturated carbocycles. The van der Waals surface area contributed by atoms with Gasteiger partial charge >= 0.3 is 11.9 Å². The molecule has 0 aliphatic carbocycles. The Morgan fingerprint density at radius 1 is 0.750 bits per heavy atom. The molecule has 0 spiro atoms. The van der Waals surface area contributed by atoms with Gasteiger partial charge in [0.25, 0.3) is 0 Å². The molecule has 2 atom stereocenters. The predicted octanol–water partition coefficient (Wildman–Crippen LogP) is 5.24. The quantitative estimate of drug-likeness (QED) is 0.230. The largest absolute Gasteiger partial charge is 0.460 e. The summed E-state index contributed by atoms with van der Waals surface area (Å²) in [6.45, 7) is 19.7. The van der Waals surface area contributed by atoms with Crippen molar-refractivity contribution in [2.75, 3.05) is 26.2 Å². The van der Waals surface area contributed by atoms with Gasteiger partial charge in [-0.05, 0) is 118 Å². The Morgan fingerprint density at radius 2 is 1.25 bits per heavy atom. The number of hydrogen-bond acceptors (Lipinski definition) is 6. The predicted molar refractivity (Wildman–Crippen MR) is 133 cm³/mol. The summed E-state index contributed by atoms with van der Waals surface area (Å²) in [5, 5.41) is 7.03. The number of ether oxygens (including phenoxy) is 2. The molecule has 0 rings (SSSR count). The lowest BCUT2D eigenvalue weighted by Crippen LogP contribution is -2.26. The molecule has 0 saturated heterocycles. The molecular weight excluding hydrogens is 404 g/mol. The van der Waals surface area contributed by atoms with Crippen molar-refractivity contribution in [1.29, 1.82) is 0 Å². The first kappa shape index (κ1) is 30.9. The van der Waals surface area contributed by atoms with E-state index in [0.29, 0.717) is 24.7 Å². The maximum Gasteiger partial charge on any atom is 0.306 e. The Balaban J connectivity index is 4.19. The number of nitrogens with one attached hydrogen (secondary N) is 2. The Hall–Kier alpha value is -1.14. The zero-order chi connectivity index (χ0) is 24.6. The van der Waals surface area contributed by atoms with Gasteiger partial charge in [0.1, 0.15) is 11.2 Å². The van der Waals surface area contributed by atoms with Gasteiger partial charge < -0.3 is 20.1 Å². The van der Waals surface area contributed by atoms with Crippen molar-refractivity contribution in [3.8, 4) is 0 Å². The molecule has 0 heterocycles. The van der Waals surface area contributed by atoms with E-state index in [9.17, 15) is 9.59 Å². The lowest BCUT2D eigenvalue weighted by atomic mass is 9.94. The number of hydrogen-bond donors (Lipinski definition) is 2. The molecule has 0 aliphatic rings. The van der Waals surface area contributed by atoms with Crippen molar-refractivity contribution < 1.29 is 19.1 Å². The first-order chi connectivity index (χ1) is 14.8. The molecule has 0 radical (unpaired) electrons. The van der Waals surface area contributed by atoms with Crippen molar-refractivity contribution >= 4 is 11.9 Å². The highest BCUT2D eigenvalue weighted by Crippen LogP contribution is 2.18. The lowest BCUT2D eigenvalue weighted by Gasteiger charge is -2.21. The van der Waals surface area contributed by atoms with Gasteiger partial charge in [0.2, 0.25) is 0 Å². The van der Waals surface area contributed by atoms with Crippen LogP contribution in [0.3, 0.4) is 0 Å². The summed E-state index contributed by atoms with van der Waals surface area (Å²) >= 11 is 0. The van der Waals surface area contributed by atoms with Gasteiger partial charge in [0, 0.05) is 12.8 Å². The van der Waals surface area contributed by atoms with Crippen LogP contribution in [0.4, 0.5) is 0 Å². The van der Waals surface area contributed by atoms with Gasteiger partial charge in [-0.15, -0.1) is 0 Å². The van der Waals surface area contributed by atoms with Crippen LogP contribution in [-0.2, 0) is 19.1 Å². The molecule has 2 N–H and O–H groups in total. The van der Waals surface area contributed by atoms with E-state index in [0.717, 1.165) is 64.7 Å². The van der Waals surface area contributed by atoms with Crippen molar-refractivity contribution in [2.45, 2.75) is 118 Å². The molecule has 0 aliphatic heterocycles. The first-order valence-electron chi connectivity index (χ1n) is 12.7. The summed E-state index contributed by atoms with van der Waals surface area (Å²) in [6.07, 6.45) is 7.21. The second-order valence-corrected chi connectivity index (χ2v) is 11.1. The second-order valence-electron chi connectivity index (χ2n) is 11.1. The minimum Gasteiger partial charge on any atom is -0.460 e. The van der Waals surface area contributed by atoms with E-state index in [1.807, 2.05) is 41.5 Å². The zero-order valence-corrected chi connectivity index (χ0v) is 22.3. The van der Waals surface area contributed by atoms with Gasteiger partial charge in [0.15, 0.2) is 0 Å². The SMILES string of the molecule is CCCNCCC(CCCC(=O)OC(C)(C)C)CCNCCC(C)CC(=O)OC(C)(C)C. The van der Waals surface area contributed by atoms with Gasteiger partial charge in [0.05, 0.1) is 0 Å². The van der Waals surface area contributed by atoms with E-state index in [-0.39, 0.29) is 11.9 Å². The number of carbonyl (C=O) groups is 2. The van der Waals surface area contributed by atoms with Crippen LogP contribution in [0.2, 0.25) is 0 Å². The first-order valence-corrected chi connectivity index (χ1v) is 12.7. The van der Waals surface area contributed by atoms with Crippen LogP contribution in [0.15, 0.2) is 0 Å². The Labute approximate surface area is 198 Å². The summed E-state index contributed by atoms with van der Waals surface area (Å²) in [6, 6.07) is 0. The lowest BCUT2D eigenvalue weighted by molar-refractivity contribution is -0.156. The summed E-state index contributed by atoms with van der Waals surface area (Å²) in [5.41, 5.74) is -0.829. The smallest absolute Gasteiger partial charge is 0.306 e. The maximum atomic E-state index is 12.0. The molecule has 190 valence electrons. The molecule has 0 aromatic rings. The van der Waals surface area contributed by atoms with Gasteiger partial charge in [-0.2, -0.15) is 0 Å². The van der Waals surface area contributed by atoms with E-state index in [1.165, 1.54) is 0 Å². The summed E-state index contributed by atoms with van der Waals surface area (Å²) in [5.74, 6) is 0.681. The third-order valence-corrected chi connectivity index (χ3v) is 5.05. The van der Waals surface area contributed by atoms with E-state index in [2.05, 4.69) is 24.5 Å². The topological polar surface area (TPSA) is 76.7 Å². The molecule has 0 bridgehead atoms. The van der Waals surface area contributed by atoms with Crippen LogP contribution >= 0.6 is 0 Å². The van der Waals surface area contributed by atoms with E-state index in [1.54, 1.807) is 0 Å². The minimum atomic E-state index is -0.417. The van der Waals surface area contributed by atoms with Crippen LogP contribution in [-0.4, -0.2) is 49.3 Å². The van der Waals surface area contributed by atoms with E-state index < -0.39 is 11.2 Å². The zero-order valence-electron chi connectivity index (χ0n) is 22.3. The average Bonchev–Trinajstić information content (AvgIpc) is 2.61. The molecule has 6 nitrogen and oxygen atoms in total.